The summed E-state index contributed by atoms with van der Waals surface area (Å²) in [5.74, 6) is -0.213. The Balaban J connectivity index is 2.10. The number of sulfonamides is 1. The van der Waals surface area contributed by atoms with Crippen LogP contribution in [-0.2, 0) is 14.8 Å². The molecule has 0 aliphatic carbocycles. The van der Waals surface area contributed by atoms with Crippen LogP contribution in [0.3, 0.4) is 0 Å². The van der Waals surface area contributed by atoms with Crippen LogP contribution in [0.25, 0.3) is 0 Å². The number of likely N-dealkylation sites (tertiary alicyclic amines) is 1. The van der Waals surface area contributed by atoms with Gasteiger partial charge in [-0.3, -0.25) is 9.69 Å². The fourth-order valence-corrected chi connectivity index (χ4v) is 3.21. The molecule has 0 saturated carbocycles. The quantitative estimate of drug-likeness (QED) is 0.731. The molecule has 0 radical (unpaired) electrons. The van der Waals surface area contributed by atoms with Crippen LogP contribution in [0.2, 0.25) is 0 Å². The summed E-state index contributed by atoms with van der Waals surface area (Å²) in [6, 6.07) is 2.88. The lowest BCUT2D eigenvalue weighted by molar-refractivity contribution is -0.117. The molecule has 23 heavy (non-hydrogen) atoms. The van der Waals surface area contributed by atoms with Crippen LogP contribution in [0, 0.1) is 13.8 Å². The van der Waals surface area contributed by atoms with Gasteiger partial charge in [-0.25, -0.2) is 13.6 Å². The Labute approximate surface area is 136 Å². The van der Waals surface area contributed by atoms with Crippen molar-refractivity contribution >= 4 is 21.6 Å². The fraction of sp³-hybridized carbons (Fsp3) is 0.533. The molecule has 0 spiro atoms. The van der Waals surface area contributed by atoms with E-state index in [-0.39, 0.29) is 23.5 Å². The number of hydrogen-bond donors (Lipinski definition) is 3. The van der Waals surface area contributed by atoms with Crippen LogP contribution in [0.15, 0.2) is 17.0 Å². The first-order chi connectivity index (χ1) is 10.7. The summed E-state index contributed by atoms with van der Waals surface area (Å²) >= 11 is 0. The second-order valence-electron chi connectivity index (χ2n) is 6.01. The van der Waals surface area contributed by atoms with Crippen molar-refractivity contribution in [2.45, 2.75) is 37.7 Å². The van der Waals surface area contributed by atoms with E-state index in [2.05, 4.69) is 5.32 Å². The molecule has 0 aromatic heterocycles. The molecule has 1 aromatic carbocycles. The average molecular weight is 341 g/mol. The number of primary sulfonamides is 1. The summed E-state index contributed by atoms with van der Waals surface area (Å²) in [6.45, 7) is 5.14. The van der Waals surface area contributed by atoms with E-state index in [0.717, 1.165) is 11.1 Å². The molecular formula is C15H23N3O4S. The molecule has 1 amide bonds. The highest BCUT2D eigenvalue weighted by Gasteiger charge is 2.20. The number of aryl methyl sites for hydroxylation is 1. The minimum Gasteiger partial charge on any atom is -0.393 e. The maximum absolute atomic E-state index is 12.2. The number of aliphatic hydroxyl groups excluding tert-OH is 1. The highest BCUT2D eigenvalue weighted by atomic mass is 32.2. The first-order valence-corrected chi connectivity index (χ1v) is 9.06. The Morgan fingerprint density at radius 1 is 1.35 bits per heavy atom. The summed E-state index contributed by atoms with van der Waals surface area (Å²) in [5.41, 5.74) is 2.00. The lowest BCUT2D eigenvalue weighted by atomic mass is 10.1. The minimum absolute atomic E-state index is 0.0167. The van der Waals surface area contributed by atoms with Gasteiger partial charge < -0.3 is 10.4 Å². The number of piperidine rings is 1. The Morgan fingerprint density at radius 2 is 1.96 bits per heavy atom. The van der Waals surface area contributed by atoms with Crippen molar-refractivity contribution in [3.05, 3.63) is 23.3 Å². The van der Waals surface area contributed by atoms with Crippen molar-refractivity contribution in [1.82, 2.24) is 4.90 Å². The first kappa shape index (κ1) is 17.9. The van der Waals surface area contributed by atoms with E-state index in [1.807, 2.05) is 11.8 Å². The number of benzene rings is 1. The molecule has 2 rings (SSSR count). The van der Waals surface area contributed by atoms with Gasteiger partial charge in [0.1, 0.15) is 0 Å². The molecule has 0 atom stereocenters. The average Bonchev–Trinajstić information content (AvgIpc) is 2.45. The third-order valence-electron chi connectivity index (χ3n) is 4.17. The van der Waals surface area contributed by atoms with Gasteiger partial charge in [-0.05, 0) is 49.9 Å². The van der Waals surface area contributed by atoms with E-state index in [1.54, 1.807) is 6.92 Å². The van der Waals surface area contributed by atoms with Crippen molar-refractivity contribution in [2.75, 3.05) is 25.0 Å². The number of amides is 1. The number of nitrogens with zero attached hydrogens (tertiary/aromatic N) is 1. The molecular weight excluding hydrogens is 318 g/mol. The summed E-state index contributed by atoms with van der Waals surface area (Å²) < 4.78 is 23.0. The summed E-state index contributed by atoms with van der Waals surface area (Å²) in [4.78, 5) is 14.1. The van der Waals surface area contributed by atoms with Gasteiger partial charge in [0.25, 0.3) is 0 Å². The predicted octanol–water partition coefficient (Wildman–Crippen LogP) is 0.346. The molecule has 1 aliphatic rings. The van der Waals surface area contributed by atoms with Crippen LogP contribution in [0.5, 0.6) is 0 Å². The van der Waals surface area contributed by atoms with Crippen molar-refractivity contribution in [2.24, 2.45) is 5.14 Å². The number of nitrogens with one attached hydrogen (secondary N) is 1. The number of aliphatic hydroxyl groups is 1. The molecule has 128 valence electrons. The zero-order valence-electron chi connectivity index (χ0n) is 13.4. The molecule has 1 saturated heterocycles. The van der Waals surface area contributed by atoms with Crippen molar-refractivity contribution in [3.63, 3.8) is 0 Å². The van der Waals surface area contributed by atoms with Gasteiger partial charge in [-0.2, -0.15) is 0 Å². The number of anilines is 1. The number of carbonyl (C=O) groups excluding carboxylic acids is 1. The van der Waals surface area contributed by atoms with Crippen molar-refractivity contribution < 1.29 is 18.3 Å². The number of nitrogens with two attached hydrogens (primary N) is 1. The smallest absolute Gasteiger partial charge is 0.238 e. The van der Waals surface area contributed by atoms with Crippen molar-refractivity contribution in [3.8, 4) is 0 Å². The van der Waals surface area contributed by atoms with Gasteiger partial charge in [0.05, 0.1) is 17.5 Å². The molecule has 1 aliphatic heterocycles. The molecule has 0 unspecified atom stereocenters. The standard InChI is InChI=1S/C15H23N3O4S/c1-10-7-13(23(16,21)22)8-14(11(10)2)17-15(20)9-18-5-3-12(19)4-6-18/h7-8,12,19H,3-6,9H2,1-2H3,(H,17,20)(H2,16,21,22). The van der Waals surface area contributed by atoms with E-state index in [0.29, 0.717) is 31.6 Å². The first-order valence-electron chi connectivity index (χ1n) is 7.51. The molecule has 1 heterocycles. The summed E-state index contributed by atoms with van der Waals surface area (Å²) in [6.07, 6.45) is 1.03. The topological polar surface area (TPSA) is 113 Å². The zero-order chi connectivity index (χ0) is 17.2. The normalized spacial score (nSPS) is 17.2. The largest absolute Gasteiger partial charge is 0.393 e. The van der Waals surface area contributed by atoms with Gasteiger partial charge in [0.15, 0.2) is 0 Å². The second kappa shape index (κ2) is 6.96. The highest BCUT2D eigenvalue weighted by Crippen LogP contribution is 2.23. The lowest BCUT2D eigenvalue weighted by Gasteiger charge is -2.28. The minimum atomic E-state index is -3.82. The zero-order valence-corrected chi connectivity index (χ0v) is 14.2. The molecule has 7 nitrogen and oxygen atoms in total. The predicted molar refractivity (Wildman–Crippen MR) is 87.6 cm³/mol. The van der Waals surface area contributed by atoms with E-state index < -0.39 is 10.0 Å². The maximum Gasteiger partial charge on any atom is 0.238 e. The molecule has 0 bridgehead atoms. The monoisotopic (exact) mass is 341 g/mol. The Hall–Kier alpha value is -1.48. The lowest BCUT2D eigenvalue weighted by Crippen LogP contribution is -2.40. The van der Waals surface area contributed by atoms with E-state index in [1.165, 1.54) is 12.1 Å². The Kier molecular flexibility index (Phi) is 5.41. The third-order valence-corrected chi connectivity index (χ3v) is 5.06. The summed E-state index contributed by atoms with van der Waals surface area (Å²) in [5, 5.41) is 17.4. The van der Waals surface area contributed by atoms with Crippen LogP contribution >= 0.6 is 0 Å². The summed E-state index contributed by atoms with van der Waals surface area (Å²) in [7, 11) is -3.82. The third kappa shape index (κ3) is 4.74. The SMILES string of the molecule is Cc1cc(S(N)(=O)=O)cc(NC(=O)CN2CCC(O)CC2)c1C. The molecule has 8 heteroatoms. The number of rotatable bonds is 4. The van der Waals surface area contributed by atoms with Gasteiger partial charge >= 0.3 is 0 Å². The van der Waals surface area contributed by atoms with Crippen LogP contribution < -0.4 is 10.5 Å². The molecule has 1 aromatic rings. The second-order valence-corrected chi connectivity index (χ2v) is 7.57. The molecule has 1 fully saturated rings. The van der Waals surface area contributed by atoms with E-state index in [9.17, 15) is 18.3 Å². The molecule has 4 N–H and O–H groups in total. The van der Waals surface area contributed by atoms with Gasteiger partial charge in [0, 0.05) is 18.8 Å². The van der Waals surface area contributed by atoms with Gasteiger partial charge in [-0.1, -0.05) is 0 Å². The van der Waals surface area contributed by atoms with Crippen LogP contribution in [-0.4, -0.2) is 50.1 Å². The number of carbonyl (C=O) groups is 1. The maximum atomic E-state index is 12.2. The van der Waals surface area contributed by atoms with Crippen molar-refractivity contribution in [1.29, 1.82) is 0 Å². The van der Waals surface area contributed by atoms with E-state index in [4.69, 9.17) is 5.14 Å². The van der Waals surface area contributed by atoms with Gasteiger partial charge in [-0.15, -0.1) is 0 Å². The highest BCUT2D eigenvalue weighted by molar-refractivity contribution is 7.89. The van der Waals surface area contributed by atoms with E-state index >= 15 is 0 Å². The number of hydrogen-bond acceptors (Lipinski definition) is 5. The van der Waals surface area contributed by atoms with Crippen LogP contribution in [0.1, 0.15) is 24.0 Å². The van der Waals surface area contributed by atoms with Gasteiger partial charge in [0.2, 0.25) is 15.9 Å². The Morgan fingerprint density at radius 3 is 2.52 bits per heavy atom. The Bertz CT molecular complexity index is 695. The van der Waals surface area contributed by atoms with Crippen LogP contribution in [0.4, 0.5) is 5.69 Å². The fourth-order valence-electron chi connectivity index (χ4n) is 2.59.